The molecule has 0 fully saturated rings. The highest BCUT2D eigenvalue weighted by molar-refractivity contribution is 7.22. The van der Waals surface area contributed by atoms with Gasteiger partial charge in [-0.25, -0.2) is 9.97 Å². The minimum absolute atomic E-state index is 0.0126. The Morgan fingerprint density at radius 3 is 2.50 bits per heavy atom. The summed E-state index contributed by atoms with van der Waals surface area (Å²) in [6, 6.07) is 10.9. The molecule has 4 rings (SSSR count). The van der Waals surface area contributed by atoms with E-state index in [0.717, 1.165) is 16.8 Å². The number of nitrogens with zero attached hydrogens (tertiary/aromatic N) is 3. The second-order valence-corrected chi connectivity index (χ2v) is 7.58. The summed E-state index contributed by atoms with van der Waals surface area (Å²) in [6.07, 6.45) is -4.05. The van der Waals surface area contributed by atoms with Crippen LogP contribution in [-0.2, 0) is 11.0 Å². The third-order valence-electron chi connectivity index (χ3n) is 4.21. The predicted octanol–water partition coefficient (Wildman–Crippen LogP) is 5.34. The van der Waals surface area contributed by atoms with Crippen LogP contribution in [0.5, 0.6) is 11.6 Å². The first-order valence-corrected chi connectivity index (χ1v) is 9.91. The number of nitrogens with one attached hydrogen (secondary N) is 1. The number of hydrogen-bond donors (Lipinski definition) is 1. The molecule has 1 N–H and O–H groups in total. The van der Waals surface area contributed by atoms with Gasteiger partial charge in [0, 0.05) is 18.6 Å². The van der Waals surface area contributed by atoms with Crippen molar-refractivity contribution in [3.05, 3.63) is 59.9 Å². The van der Waals surface area contributed by atoms with E-state index in [4.69, 9.17) is 4.74 Å². The monoisotopic (exact) mass is 458 g/mol. The van der Waals surface area contributed by atoms with E-state index in [1.165, 1.54) is 36.5 Å². The highest BCUT2D eigenvalue weighted by atomic mass is 32.1. The molecule has 2 heterocycles. The van der Waals surface area contributed by atoms with Crippen LogP contribution in [0, 0.1) is 0 Å². The van der Waals surface area contributed by atoms with Gasteiger partial charge in [0.1, 0.15) is 5.52 Å². The number of carbonyl (C=O) groups is 2. The number of benzene rings is 2. The lowest BCUT2D eigenvalue weighted by molar-refractivity contribution is -0.137. The normalized spacial score (nSPS) is 11.4. The van der Waals surface area contributed by atoms with Gasteiger partial charge in [-0.2, -0.15) is 18.2 Å². The van der Waals surface area contributed by atoms with Gasteiger partial charge in [-0.3, -0.25) is 9.59 Å². The molecule has 0 atom stereocenters. The Morgan fingerprint density at radius 1 is 1.09 bits per heavy atom. The molecule has 2 aromatic heterocycles. The van der Waals surface area contributed by atoms with Gasteiger partial charge in [0.15, 0.2) is 23.0 Å². The number of ether oxygens (including phenoxy) is 1. The fraction of sp³-hybridized carbons (Fsp3) is 0.0952. The lowest BCUT2D eigenvalue weighted by Crippen LogP contribution is -2.04. The fourth-order valence-corrected chi connectivity index (χ4v) is 3.78. The number of alkyl halides is 3. The van der Waals surface area contributed by atoms with Gasteiger partial charge >= 0.3 is 6.18 Å². The number of anilines is 1. The summed E-state index contributed by atoms with van der Waals surface area (Å²) >= 11 is 1.26. The van der Waals surface area contributed by atoms with E-state index >= 15 is 0 Å². The Balaban J connectivity index is 1.70. The summed E-state index contributed by atoms with van der Waals surface area (Å²) in [5.41, 5.74) is 0.250. The molecule has 0 aliphatic rings. The SMILES string of the molecule is CC(=O)Nc1nc2c(Oc3cc(-c4ccc(C(F)(F)F)cc4)nc(C=O)n3)cccc2s1. The summed E-state index contributed by atoms with van der Waals surface area (Å²) in [6.45, 7) is 1.37. The number of amides is 1. The van der Waals surface area contributed by atoms with Crippen LogP contribution in [0.15, 0.2) is 48.5 Å². The number of hydrogen-bond acceptors (Lipinski definition) is 7. The lowest BCUT2D eigenvalue weighted by atomic mass is 10.1. The van der Waals surface area contributed by atoms with Gasteiger partial charge in [0.25, 0.3) is 0 Å². The molecular formula is C21H13F3N4O3S. The number of carbonyl (C=O) groups excluding carboxylic acids is 2. The minimum Gasteiger partial charge on any atom is -0.437 e. The van der Waals surface area contributed by atoms with Crippen molar-refractivity contribution in [2.24, 2.45) is 0 Å². The molecular weight excluding hydrogens is 445 g/mol. The number of aldehydes is 1. The Morgan fingerprint density at radius 2 is 1.84 bits per heavy atom. The summed E-state index contributed by atoms with van der Waals surface area (Å²) in [4.78, 5) is 35.0. The smallest absolute Gasteiger partial charge is 0.416 e. The lowest BCUT2D eigenvalue weighted by Gasteiger charge is -2.10. The number of rotatable bonds is 5. The first-order valence-electron chi connectivity index (χ1n) is 9.10. The molecule has 2 aromatic carbocycles. The second-order valence-electron chi connectivity index (χ2n) is 6.55. The molecule has 0 aliphatic carbocycles. The quantitative estimate of drug-likeness (QED) is 0.406. The molecule has 0 aliphatic heterocycles. The minimum atomic E-state index is -4.46. The third kappa shape index (κ3) is 4.57. The second kappa shape index (κ2) is 8.35. The average molecular weight is 458 g/mol. The van der Waals surface area contributed by atoms with Crippen LogP contribution in [0.2, 0.25) is 0 Å². The molecule has 162 valence electrons. The van der Waals surface area contributed by atoms with E-state index in [1.54, 1.807) is 18.2 Å². The Hall–Kier alpha value is -3.86. The van der Waals surface area contributed by atoms with Crippen LogP contribution in [0.4, 0.5) is 18.3 Å². The zero-order valence-electron chi connectivity index (χ0n) is 16.3. The molecule has 0 saturated carbocycles. The Bertz CT molecular complexity index is 1320. The molecule has 4 aromatic rings. The van der Waals surface area contributed by atoms with Gasteiger partial charge in [0.2, 0.25) is 11.8 Å². The van der Waals surface area contributed by atoms with Crippen molar-refractivity contribution in [1.29, 1.82) is 0 Å². The number of thiazole rings is 1. The van der Waals surface area contributed by atoms with Gasteiger partial charge in [0.05, 0.1) is 16.0 Å². The molecule has 0 spiro atoms. The molecule has 0 unspecified atom stereocenters. The summed E-state index contributed by atoms with van der Waals surface area (Å²) in [5, 5.41) is 3.00. The standard InChI is InChI=1S/C21H13F3N4O3S/c1-11(30)25-20-28-19-15(3-2-4-16(19)32-20)31-18-9-14(26-17(10-29)27-18)12-5-7-13(8-6-12)21(22,23)24/h2-10H,1H3,(H,25,28,30). The van der Waals surface area contributed by atoms with Crippen molar-refractivity contribution in [2.45, 2.75) is 13.1 Å². The fourth-order valence-electron chi connectivity index (χ4n) is 2.85. The Kier molecular flexibility index (Phi) is 5.57. The summed E-state index contributed by atoms with van der Waals surface area (Å²) in [5.74, 6) is -0.122. The number of fused-ring (bicyclic) bond motifs is 1. The summed E-state index contributed by atoms with van der Waals surface area (Å²) < 4.78 is 45.1. The molecule has 0 radical (unpaired) electrons. The van der Waals surface area contributed by atoms with Crippen molar-refractivity contribution < 1.29 is 27.5 Å². The van der Waals surface area contributed by atoms with Crippen LogP contribution in [0.1, 0.15) is 23.1 Å². The van der Waals surface area contributed by atoms with Crippen molar-refractivity contribution in [1.82, 2.24) is 15.0 Å². The van der Waals surface area contributed by atoms with Crippen LogP contribution in [0.25, 0.3) is 21.5 Å². The van der Waals surface area contributed by atoms with E-state index in [-0.39, 0.29) is 23.3 Å². The van der Waals surface area contributed by atoms with E-state index in [2.05, 4.69) is 20.3 Å². The molecule has 11 heteroatoms. The number of aromatic nitrogens is 3. The highest BCUT2D eigenvalue weighted by Gasteiger charge is 2.30. The highest BCUT2D eigenvalue weighted by Crippen LogP contribution is 2.35. The largest absolute Gasteiger partial charge is 0.437 e. The van der Waals surface area contributed by atoms with E-state index < -0.39 is 11.7 Å². The van der Waals surface area contributed by atoms with Gasteiger partial charge in [-0.15, -0.1) is 0 Å². The summed E-state index contributed by atoms with van der Waals surface area (Å²) in [7, 11) is 0. The first-order chi connectivity index (χ1) is 15.2. The van der Waals surface area contributed by atoms with Crippen LogP contribution >= 0.6 is 11.3 Å². The predicted molar refractivity (Wildman–Crippen MR) is 112 cm³/mol. The molecule has 0 saturated heterocycles. The van der Waals surface area contributed by atoms with E-state index in [1.807, 2.05) is 0 Å². The molecule has 32 heavy (non-hydrogen) atoms. The maximum Gasteiger partial charge on any atom is 0.416 e. The molecule has 7 nitrogen and oxygen atoms in total. The zero-order chi connectivity index (χ0) is 22.9. The number of halogens is 3. The van der Waals surface area contributed by atoms with Crippen LogP contribution in [0.3, 0.4) is 0 Å². The van der Waals surface area contributed by atoms with Crippen molar-refractivity contribution in [2.75, 3.05) is 5.32 Å². The van der Waals surface area contributed by atoms with E-state index in [0.29, 0.717) is 28.2 Å². The van der Waals surface area contributed by atoms with E-state index in [9.17, 15) is 22.8 Å². The van der Waals surface area contributed by atoms with Gasteiger partial charge in [-0.1, -0.05) is 29.5 Å². The molecule has 0 bridgehead atoms. The van der Waals surface area contributed by atoms with Crippen LogP contribution < -0.4 is 10.1 Å². The van der Waals surface area contributed by atoms with Crippen molar-refractivity contribution in [3.63, 3.8) is 0 Å². The van der Waals surface area contributed by atoms with Gasteiger partial charge < -0.3 is 10.1 Å². The molecule has 1 amide bonds. The van der Waals surface area contributed by atoms with Crippen LogP contribution in [-0.4, -0.2) is 27.1 Å². The zero-order valence-corrected chi connectivity index (χ0v) is 17.1. The topological polar surface area (TPSA) is 94.1 Å². The van der Waals surface area contributed by atoms with Gasteiger partial charge in [-0.05, 0) is 24.3 Å². The maximum absolute atomic E-state index is 12.8. The third-order valence-corrected chi connectivity index (χ3v) is 5.15. The maximum atomic E-state index is 12.8. The van der Waals surface area contributed by atoms with Crippen molar-refractivity contribution >= 4 is 38.9 Å². The average Bonchev–Trinajstić information content (AvgIpc) is 3.15. The first kappa shape index (κ1) is 21.4. The number of para-hydroxylation sites is 1. The van der Waals surface area contributed by atoms with Crippen molar-refractivity contribution in [3.8, 4) is 22.9 Å². The Labute approximate surface area is 182 Å².